The zero-order chi connectivity index (χ0) is 20.7. The number of fused-ring (bicyclic) bond motifs is 2. The summed E-state index contributed by atoms with van der Waals surface area (Å²) >= 11 is 0. The first-order valence-electron chi connectivity index (χ1n) is 9.86. The van der Waals surface area contributed by atoms with Crippen LogP contribution in [0.3, 0.4) is 0 Å². The molecule has 0 bridgehead atoms. The number of H-pyrrole nitrogens is 1. The summed E-state index contributed by atoms with van der Waals surface area (Å²) in [6.07, 6.45) is 0.558. The van der Waals surface area contributed by atoms with Crippen LogP contribution in [-0.4, -0.2) is 35.4 Å². The molecule has 5 heteroatoms. The third kappa shape index (κ3) is 2.87. The van der Waals surface area contributed by atoms with Gasteiger partial charge in [0.2, 0.25) is 0 Å². The molecule has 148 valence electrons. The van der Waals surface area contributed by atoms with E-state index in [2.05, 4.69) is 11.1 Å². The molecule has 1 aliphatic heterocycles. The summed E-state index contributed by atoms with van der Waals surface area (Å²) in [4.78, 5) is 30.4. The minimum Gasteiger partial charge on any atom is -0.497 e. The smallest absolute Gasteiger partial charge is 0.261 e. The second-order valence-corrected chi connectivity index (χ2v) is 7.31. The molecule has 1 aromatic heterocycles. The number of hydrogen-bond donors (Lipinski definition) is 1. The van der Waals surface area contributed by atoms with Crippen LogP contribution in [0.2, 0.25) is 0 Å². The van der Waals surface area contributed by atoms with E-state index in [4.69, 9.17) is 4.74 Å². The summed E-state index contributed by atoms with van der Waals surface area (Å²) < 4.78 is 5.38. The Morgan fingerprint density at radius 1 is 0.867 bits per heavy atom. The van der Waals surface area contributed by atoms with Crippen LogP contribution in [0.1, 0.15) is 26.3 Å². The Morgan fingerprint density at radius 2 is 1.57 bits per heavy atom. The number of amides is 2. The van der Waals surface area contributed by atoms with Crippen LogP contribution >= 0.6 is 0 Å². The Bertz CT molecular complexity index is 1250. The Hall–Kier alpha value is -3.86. The molecule has 4 aromatic rings. The molecule has 0 saturated carbocycles. The molecule has 5 nitrogen and oxygen atoms in total. The standard InChI is InChI=1S/C25H20N2O3/c1-30-17-8-6-7-16(15-17)23-19(18-9-4-5-12-22(18)26-23)13-14-27-24(28)20-10-2-3-11-21(20)25(27)29/h2-12,15,26H,13-14H2,1H3. The van der Waals surface area contributed by atoms with Crippen LogP contribution < -0.4 is 4.74 Å². The first-order valence-corrected chi connectivity index (χ1v) is 9.86. The van der Waals surface area contributed by atoms with Crippen molar-refractivity contribution in [2.75, 3.05) is 13.7 Å². The van der Waals surface area contributed by atoms with Crippen LogP contribution in [0, 0.1) is 0 Å². The maximum absolute atomic E-state index is 12.7. The molecule has 0 radical (unpaired) electrons. The molecule has 0 atom stereocenters. The number of para-hydroxylation sites is 1. The van der Waals surface area contributed by atoms with Crippen LogP contribution in [0.25, 0.3) is 22.2 Å². The highest BCUT2D eigenvalue weighted by Crippen LogP contribution is 2.33. The predicted octanol–water partition coefficient (Wildman–Crippen LogP) is 4.68. The number of aromatic amines is 1. The zero-order valence-electron chi connectivity index (χ0n) is 16.5. The number of nitrogens with one attached hydrogen (secondary N) is 1. The number of hydrogen-bond acceptors (Lipinski definition) is 3. The summed E-state index contributed by atoms with van der Waals surface area (Å²) in [6.45, 7) is 0.325. The van der Waals surface area contributed by atoms with Gasteiger partial charge in [-0.25, -0.2) is 0 Å². The first kappa shape index (κ1) is 18.2. The van der Waals surface area contributed by atoms with Crippen LogP contribution in [0.4, 0.5) is 0 Å². The summed E-state index contributed by atoms with van der Waals surface area (Å²) in [5, 5.41) is 1.09. The number of imide groups is 1. The lowest BCUT2D eigenvalue weighted by molar-refractivity contribution is 0.0656. The molecule has 1 aliphatic rings. The van der Waals surface area contributed by atoms with E-state index in [-0.39, 0.29) is 11.8 Å². The Labute approximate surface area is 173 Å². The van der Waals surface area contributed by atoms with Gasteiger partial charge in [0.25, 0.3) is 11.8 Å². The minimum absolute atomic E-state index is 0.224. The highest BCUT2D eigenvalue weighted by molar-refractivity contribution is 6.21. The van der Waals surface area contributed by atoms with E-state index in [1.165, 1.54) is 4.90 Å². The summed E-state index contributed by atoms with van der Waals surface area (Å²) in [5.41, 5.74) is 5.04. The van der Waals surface area contributed by atoms with E-state index in [9.17, 15) is 9.59 Å². The molecule has 1 N–H and O–H groups in total. The fourth-order valence-electron chi connectivity index (χ4n) is 4.15. The van der Waals surface area contributed by atoms with E-state index in [1.54, 1.807) is 31.4 Å². The van der Waals surface area contributed by atoms with Crippen molar-refractivity contribution in [2.24, 2.45) is 0 Å². The van der Waals surface area contributed by atoms with Gasteiger partial charge in [0, 0.05) is 28.7 Å². The monoisotopic (exact) mass is 396 g/mol. The number of rotatable bonds is 5. The van der Waals surface area contributed by atoms with Crippen LogP contribution in [0.15, 0.2) is 72.8 Å². The topological polar surface area (TPSA) is 62.4 Å². The summed E-state index contributed by atoms with van der Waals surface area (Å²) in [7, 11) is 1.65. The Morgan fingerprint density at radius 3 is 2.30 bits per heavy atom. The average molecular weight is 396 g/mol. The highest BCUT2D eigenvalue weighted by atomic mass is 16.5. The molecule has 0 saturated heterocycles. The third-order valence-electron chi connectivity index (χ3n) is 5.64. The fourth-order valence-corrected chi connectivity index (χ4v) is 4.15. The lowest BCUT2D eigenvalue weighted by Gasteiger charge is -2.14. The quantitative estimate of drug-likeness (QED) is 0.498. The van der Waals surface area contributed by atoms with Crippen molar-refractivity contribution >= 4 is 22.7 Å². The molecule has 30 heavy (non-hydrogen) atoms. The number of nitrogens with zero attached hydrogens (tertiary/aromatic N) is 1. The Balaban J connectivity index is 1.52. The van der Waals surface area contributed by atoms with Gasteiger partial charge in [0.1, 0.15) is 5.75 Å². The maximum Gasteiger partial charge on any atom is 0.261 e. The van der Waals surface area contributed by atoms with Crippen molar-refractivity contribution < 1.29 is 14.3 Å². The van der Waals surface area contributed by atoms with Crippen molar-refractivity contribution in [3.8, 4) is 17.0 Å². The van der Waals surface area contributed by atoms with Crippen molar-refractivity contribution in [3.05, 3.63) is 89.5 Å². The molecule has 2 heterocycles. The summed E-state index contributed by atoms with van der Waals surface area (Å²) in [5.74, 6) is 0.328. The lowest BCUT2D eigenvalue weighted by atomic mass is 10.0. The zero-order valence-corrected chi connectivity index (χ0v) is 16.5. The number of methoxy groups -OCH3 is 1. The second-order valence-electron chi connectivity index (χ2n) is 7.31. The van der Waals surface area contributed by atoms with Gasteiger partial charge in [-0.2, -0.15) is 0 Å². The lowest BCUT2D eigenvalue weighted by Crippen LogP contribution is -2.31. The van der Waals surface area contributed by atoms with E-state index >= 15 is 0 Å². The van der Waals surface area contributed by atoms with Gasteiger partial charge in [0.05, 0.1) is 18.2 Å². The van der Waals surface area contributed by atoms with Crippen LogP contribution in [-0.2, 0) is 6.42 Å². The number of carbonyl (C=O) groups excluding carboxylic acids is 2. The summed E-state index contributed by atoms with van der Waals surface area (Å²) in [6, 6.07) is 22.9. The fraction of sp³-hybridized carbons (Fsp3) is 0.120. The molecule has 0 spiro atoms. The number of ether oxygens (including phenoxy) is 1. The van der Waals surface area contributed by atoms with Crippen LogP contribution in [0.5, 0.6) is 5.75 Å². The van der Waals surface area contributed by atoms with E-state index < -0.39 is 0 Å². The molecule has 0 unspecified atom stereocenters. The minimum atomic E-state index is -0.224. The Kier molecular flexibility index (Phi) is 4.36. The van der Waals surface area contributed by atoms with Gasteiger partial charge in [0.15, 0.2) is 0 Å². The highest BCUT2D eigenvalue weighted by Gasteiger charge is 2.34. The molecule has 0 aliphatic carbocycles. The molecule has 5 rings (SSSR count). The average Bonchev–Trinajstić information content (AvgIpc) is 3.28. The van der Waals surface area contributed by atoms with Crippen molar-refractivity contribution in [1.82, 2.24) is 9.88 Å². The molecular weight excluding hydrogens is 376 g/mol. The van der Waals surface area contributed by atoms with E-state index in [0.717, 1.165) is 33.5 Å². The second kappa shape index (κ2) is 7.19. The molecule has 0 fully saturated rings. The van der Waals surface area contributed by atoms with E-state index in [0.29, 0.717) is 24.1 Å². The van der Waals surface area contributed by atoms with Crippen molar-refractivity contribution in [1.29, 1.82) is 0 Å². The molecular formula is C25H20N2O3. The molecule has 3 aromatic carbocycles. The SMILES string of the molecule is COc1cccc(-c2[nH]c3ccccc3c2CCN2C(=O)c3ccccc3C2=O)c1. The normalized spacial score (nSPS) is 13.2. The van der Waals surface area contributed by atoms with Gasteiger partial charge < -0.3 is 9.72 Å². The van der Waals surface area contributed by atoms with Gasteiger partial charge in [-0.1, -0.05) is 42.5 Å². The van der Waals surface area contributed by atoms with Gasteiger partial charge >= 0.3 is 0 Å². The molecule has 2 amide bonds. The largest absolute Gasteiger partial charge is 0.497 e. The van der Waals surface area contributed by atoms with E-state index in [1.807, 2.05) is 42.5 Å². The van der Waals surface area contributed by atoms with Gasteiger partial charge in [-0.05, 0) is 42.3 Å². The third-order valence-corrected chi connectivity index (χ3v) is 5.64. The number of carbonyl (C=O) groups is 2. The van der Waals surface area contributed by atoms with Crippen molar-refractivity contribution in [2.45, 2.75) is 6.42 Å². The number of aromatic nitrogens is 1. The first-order chi connectivity index (χ1) is 14.7. The predicted molar refractivity (Wildman–Crippen MR) is 116 cm³/mol. The number of benzene rings is 3. The van der Waals surface area contributed by atoms with Gasteiger partial charge in [-0.3, -0.25) is 14.5 Å². The van der Waals surface area contributed by atoms with Crippen molar-refractivity contribution in [3.63, 3.8) is 0 Å². The maximum atomic E-state index is 12.7. The van der Waals surface area contributed by atoms with Gasteiger partial charge in [-0.15, -0.1) is 0 Å².